The molecule has 2 aromatic heterocycles. The number of furan rings is 1. The molecular formula is C51H45N2O+. The molecule has 0 radical (unpaired) electrons. The van der Waals surface area contributed by atoms with Crippen LogP contribution in [0.3, 0.4) is 0 Å². The minimum Gasteiger partial charge on any atom is -0.455 e. The van der Waals surface area contributed by atoms with Crippen LogP contribution in [0.1, 0.15) is 56.2 Å². The van der Waals surface area contributed by atoms with Gasteiger partial charge < -0.3 is 4.42 Å². The molecule has 3 heteroatoms. The van der Waals surface area contributed by atoms with E-state index >= 15 is 0 Å². The molecule has 0 saturated heterocycles. The van der Waals surface area contributed by atoms with Gasteiger partial charge in [0.15, 0.2) is 16.6 Å². The zero-order valence-corrected chi connectivity index (χ0v) is 31.9. The van der Waals surface area contributed by atoms with Crippen molar-refractivity contribution in [2.75, 3.05) is 0 Å². The quantitative estimate of drug-likeness (QED) is 0.152. The van der Waals surface area contributed by atoms with E-state index in [2.05, 4.69) is 202 Å². The zero-order valence-electron chi connectivity index (χ0n) is 31.9. The molecule has 3 nitrogen and oxygen atoms in total. The molecule has 2 heterocycles. The van der Waals surface area contributed by atoms with Crippen LogP contribution in [0.4, 0.5) is 0 Å². The molecular weight excluding hydrogens is 657 g/mol. The van der Waals surface area contributed by atoms with E-state index in [0.29, 0.717) is 0 Å². The number of para-hydroxylation sites is 3. The van der Waals surface area contributed by atoms with E-state index in [1.54, 1.807) is 0 Å². The average Bonchev–Trinajstić information content (AvgIpc) is 3.72. The van der Waals surface area contributed by atoms with Crippen molar-refractivity contribution in [2.45, 2.75) is 46.5 Å². The molecule has 0 saturated carbocycles. The fourth-order valence-corrected chi connectivity index (χ4v) is 8.31. The Labute approximate surface area is 317 Å². The van der Waals surface area contributed by atoms with Crippen LogP contribution in [0.2, 0.25) is 0 Å². The summed E-state index contributed by atoms with van der Waals surface area (Å²) < 4.78 is 11.6. The molecule has 0 aliphatic heterocycles. The predicted octanol–water partition coefficient (Wildman–Crippen LogP) is 13.6. The van der Waals surface area contributed by atoms with Crippen molar-refractivity contribution in [1.82, 2.24) is 4.57 Å². The smallest absolute Gasteiger partial charge is 0.299 e. The number of aryl methyl sites for hydroxylation is 2. The minimum atomic E-state index is 0.280. The first-order valence-electron chi connectivity index (χ1n) is 19.1. The van der Waals surface area contributed by atoms with E-state index in [4.69, 9.17) is 4.42 Å². The van der Waals surface area contributed by atoms with Crippen LogP contribution in [-0.4, -0.2) is 4.57 Å². The molecule has 7 aromatic carbocycles. The van der Waals surface area contributed by atoms with E-state index < -0.39 is 0 Å². The van der Waals surface area contributed by atoms with Gasteiger partial charge in [-0.1, -0.05) is 149 Å². The summed E-state index contributed by atoms with van der Waals surface area (Å²) in [4.78, 5) is 0. The summed E-state index contributed by atoms with van der Waals surface area (Å²) in [6.07, 6.45) is 0. The first kappa shape index (κ1) is 33.6. The van der Waals surface area contributed by atoms with Gasteiger partial charge >= 0.3 is 0 Å². The molecule has 0 atom stereocenters. The van der Waals surface area contributed by atoms with Crippen molar-refractivity contribution in [2.24, 2.45) is 7.05 Å². The number of benzene rings is 7. The Morgan fingerprint density at radius 3 is 1.65 bits per heavy atom. The zero-order chi connectivity index (χ0) is 37.1. The third-order valence-corrected chi connectivity index (χ3v) is 11.2. The van der Waals surface area contributed by atoms with Gasteiger partial charge in [0.25, 0.3) is 5.82 Å². The third-order valence-electron chi connectivity index (χ3n) is 11.2. The summed E-state index contributed by atoms with van der Waals surface area (Å²) in [5, 5.41) is 2.28. The van der Waals surface area contributed by atoms with Gasteiger partial charge in [0.1, 0.15) is 16.8 Å². The number of fused-ring (bicyclic) bond motifs is 4. The predicted molar refractivity (Wildman–Crippen MR) is 226 cm³/mol. The Hall–Kier alpha value is -6.19. The van der Waals surface area contributed by atoms with E-state index in [1.165, 1.54) is 66.8 Å². The van der Waals surface area contributed by atoms with Crippen molar-refractivity contribution in [3.8, 4) is 50.5 Å². The third kappa shape index (κ3) is 5.54. The van der Waals surface area contributed by atoms with Crippen molar-refractivity contribution in [3.05, 3.63) is 168 Å². The molecule has 0 N–H and O–H groups in total. The van der Waals surface area contributed by atoms with Gasteiger partial charge in [-0.25, -0.2) is 4.57 Å². The Bertz CT molecular complexity index is 2790. The second-order valence-electron chi connectivity index (χ2n) is 15.3. The lowest BCUT2D eigenvalue weighted by molar-refractivity contribution is -0.633. The molecule has 9 aromatic rings. The Morgan fingerprint density at radius 1 is 0.519 bits per heavy atom. The van der Waals surface area contributed by atoms with Gasteiger partial charge in [0.2, 0.25) is 0 Å². The average molecular weight is 702 g/mol. The van der Waals surface area contributed by atoms with Crippen LogP contribution >= 0.6 is 0 Å². The van der Waals surface area contributed by atoms with Gasteiger partial charge in [-0.3, -0.25) is 0 Å². The first-order valence-corrected chi connectivity index (χ1v) is 19.1. The monoisotopic (exact) mass is 701 g/mol. The summed E-state index contributed by atoms with van der Waals surface area (Å²) in [6.45, 7) is 11.5. The molecule has 0 unspecified atom stereocenters. The SMILES string of the molecule is Cc1ccc2c(oc3ccccc32)c1-c1n(-c2c(C(C)C)cc(-c3ccc(-c4ccc(-c5ccccc5)cc4)cc3)cc2C(C)C)c2ccccc2[n+]1C. The lowest BCUT2D eigenvalue weighted by Gasteiger charge is -2.21. The number of hydrogen-bond acceptors (Lipinski definition) is 1. The van der Waals surface area contributed by atoms with Crippen molar-refractivity contribution in [1.29, 1.82) is 0 Å². The largest absolute Gasteiger partial charge is 0.455 e. The van der Waals surface area contributed by atoms with E-state index in [1.807, 2.05) is 0 Å². The van der Waals surface area contributed by atoms with Gasteiger partial charge in [-0.2, -0.15) is 4.57 Å². The summed E-state index contributed by atoms with van der Waals surface area (Å²) >= 11 is 0. The summed E-state index contributed by atoms with van der Waals surface area (Å²) in [5.74, 6) is 1.68. The molecule has 0 bridgehead atoms. The van der Waals surface area contributed by atoms with Gasteiger partial charge in [0, 0.05) is 21.9 Å². The van der Waals surface area contributed by atoms with Crippen LogP contribution in [-0.2, 0) is 7.05 Å². The van der Waals surface area contributed by atoms with Crippen LogP contribution in [0, 0.1) is 6.92 Å². The van der Waals surface area contributed by atoms with E-state index in [9.17, 15) is 0 Å². The second kappa shape index (κ2) is 13.3. The number of hydrogen-bond donors (Lipinski definition) is 0. The number of imidazole rings is 1. The van der Waals surface area contributed by atoms with Crippen molar-refractivity contribution >= 4 is 33.0 Å². The number of aromatic nitrogens is 2. The van der Waals surface area contributed by atoms with Crippen LogP contribution in [0.25, 0.3) is 83.4 Å². The van der Waals surface area contributed by atoms with Crippen molar-refractivity contribution in [3.63, 3.8) is 0 Å². The summed E-state index contributed by atoms with van der Waals surface area (Å²) in [7, 11) is 2.20. The highest BCUT2D eigenvalue weighted by Gasteiger charge is 2.34. The second-order valence-corrected chi connectivity index (χ2v) is 15.3. The number of rotatable bonds is 7. The topological polar surface area (TPSA) is 21.9 Å². The standard InChI is InChI=1S/C51H45N2O/c1-32(2)43-30-40(39-27-25-38(26-28-39)37-23-21-36(22-24-37)35-14-8-7-9-15-35)31-44(33(3)4)49(43)53-46-18-12-11-17-45(46)52(6)51(53)48-34(5)20-29-42-41-16-10-13-19-47(41)54-50(42)48/h7-33H,1-6H3/q+1. The fourth-order valence-electron chi connectivity index (χ4n) is 8.31. The van der Waals surface area contributed by atoms with Crippen molar-refractivity contribution < 1.29 is 8.98 Å². The van der Waals surface area contributed by atoms with Gasteiger partial charge in [0.05, 0.1) is 7.05 Å². The molecule has 9 rings (SSSR count). The van der Waals surface area contributed by atoms with E-state index in [0.717, 1.165) is 33.3 Å². The Kier molecular flexibility index (Phi) is 8.31. The fraction of sp³-hybridized carbons (Fsp3) is 0.157. The van der Waals surface area contributed by atoms with Crippen LogP contribution in [0.15, 0.2) is 156 Å². The Morgan fingerprint density at radius 2 is 1.04 bits per heavy atom. The number of nitrogens with zero attached hydrogens (tertiary/aromatic N) is 2. The first-order chi connectivity index (χ1) is 26.3. The molecule has 0 aliphatic rings. The highest BCUT2D eigenvalue weighted by Crippen LogP contribution is 2.43. The molecule has 54 heavy (non-hydrogen) atoms. The minimum absolute atomic E-state index is 0.280. The van der Waals surface area contributed by atoms with Crippen LogP contribution in [0.5, 0.6) is 0 Å². The van der Waals surface area contributed by atoms with Crippen LogP contribution < -0.4 is 4.57 Å². The molecule has 264 valence electrons. The summed E-state index contributed by atoms with van der Waals surface area (Å²) in [6, 6.07) is 55.1. The maximum Gasteiger partial charge on any atom is 0.299 e. The van der Waals surface area contributed by atoms with Gasteiger partial charge in [-0.15, -0.1) is 0 Å². The molecule has 0 amide bonds. The van der Waals surface area contributed by atoms with E-state index in [-0.39, 0.29) is 11.8 Å². The highest BCUT2D eigenvalue weighted by atomic mass is 16.3. The lowest BCUT2D eigenvalue weighted by atomic mass is 9.87. The highest BCUT2D eigenvalue weighted by molar-refractivity contribution is 6.10. The molecule has 0 fully saturated rings. The maximum atomic E-state index is 6.73. The lowest BCUT2D eigenvalue weighted by Crippen LogP contribution is -2.30. The van der Waals surface area contributed by atoms with Gasteiger partial charge in [-0.05, 0) is 88.0 Å². The maximum absolute atomic E-state index is 6.73. The Balaban J connectivity index is 1.22. The molecule has 0 aliphatic carbocycles. The normalized spacial score (nSPS) is 11.9. The summed E-state index contributed by atoms with van der Waals surface area (Å²) in [5.41, 5.74) is 17.8. The molecule has 0 spiro atoms.